The van der Waals surface area contributed by atoms with E-state index in [-0.39, 0.29) is 0 Å². The summed E-state index contributed by atoms with van der Waals surface area (Å²) in [6.45, 7) is 3.65. The molecule has 2 aromatic rings. The van der Waals surface area contributed by atoms with Crippen LogP contribution in [0.5, 0.6) is 0 Å². The molecule has 1 atom stereocenters. The van der Waals surface area contributed by atoms with Crippen molar-refractivity contribution in [3.63, 3.8) is 0 Å². The number of nitrogens with two attached hydrogens (primary N) is 1. The minimum absolute atomic E-state index is 0.512. The molecule has 0 amide bonds. The van der Waals surface area contributed by atoms with Crippen molar-refractivity contribution in [1.82, 2.24) is 0 Å². The van der Waals surface area contributed by atoms with E-state index in [2.05, 4.69) is 48.2 Å². The number of hydrogen-bond acceptors (Lipinski definition) is 2. The number of nitrogens with zero attached hydrogens (tertiary/aromatic N) is 1. The Morgan fingerprint density at radius 2 is 2.05 bits per heavy atom. The summed E-state index contributed by atoms with van der Waals surface area (Å²) in [6.07, 6.45) is 1.11. The summed E-state index contributed by atoms with van der Waals surface area (Å²) in [7, 11) is 0. The van der Waals surface area contributed by atoms with Gasteiger partial charge in [-0.15, -0.1) is 0 Å². The molecule has 0 saturated carbocycles. The van der Waals surface area contributed by atoms with Crippen LogP contribution in [0.2, 0.25) is 5.02 Å². The third-order valence-corrected chi connectivity index (χ3v) is 4.39. The van der Waals surface area contributed by atoms with Crippen molar-refractivity contribution in [2.45, 2.75) is 32.5 Å². The molecule has 1 aliphatic rings. The molecule has 1 aliphatic heterocycles. The fourth-order valence-electron chi connectivity index (χ4n) is 2.90. The van der Waals surface area contributed by atoms with Crippen LogP contribution in [0.1, 0.15) is 23.6 Å². The number of anilines is 1. The van der Waals surface area contributed by atoms with Crippen LogP contribution in [0.3, 0.4) is 0 Å². The van der Waals surface area contributed by atoms with Crippen LogP contribution in [0.4, 0.5) is 5.69 Å². The van der Waals surface area contributed by atoms with E-state index >= 15 is 0 Å². The Labute approximate surface area is 125 Å². The number of rotatable bonds is 3. The maximum absolute atomic E-state index is 6.38. The minimum atomic E-state index is 0.512. The van der Waals surface area contributed by atoms with E-state index in [9.17, 15) is 0 Å². The highest BCUT2D eigenvalue weighted by molar-refractivity contribution is 6.31. The van der Waals surface area contributed by atoms with Gasteiger partial charge in [-0.25, -0.2) is 0 Å². The molecule has 3 rings (SSSR count). The molecule has 104 valence electrons. The molecule has 3 heteroatoms. The van der Waals surface area contributed by atoms with Crippen LogP contribution in [-0.4, -0.2) is 6.04 Å². The predicted octanol–water partition coefficient (Wildman–Crippen LogP) is 3.75. The van der Waals surface area contributed by atoms with Gasteiger partial charge in [0.1, 0.15) is 0 Å². The summed E-state index contributed by atoms with van der Waals surface area (Å²) in [5.41, 5.74) is 10.6. The van der Waals surface area contributed by atoms with Crippen LogP contribution in [0.15, 0.2) is 42.5 Å². The highest BCUT2D eigenvalue weighted by Gasteiger charge is 2.25. The highest BCUT2D eigenvalue weighted by atomic mass is 35.5. The molecule has 0 aromatic heterocycles. The van der Waals surface area contributed by atoms with Crippen LogP contribution in [0, 0.1) is 0 Å². The second-order valence-electron chi connectivity index (χ2n) is 5.44. The van der Waals surface area contributed by atoms with E-state index in [1.54, 1.807) is 0 Å². The Bertz CT molecular complexity index is 624. The summed E-state index contributed by atoms with van der Waals surface area (Å²) in [6, 6.07) is 15.3. The van der Waals surface area contributed by atoms with Gasteiger partial charge in [-0.05, 0) is 42.2 Å². The molecule has 1 unspecified atom stereocenters. The Kier molecular flexibility index (Phi) is 3.68. The van der Waals surface area contributed by atoms with Crippen molar-refractivity contribution in [1.29, 1.82) is 0 Å². The predicted molar refractivity (Wildman–Crippen MR) is 85.1 cm³/mol. The number of halogens is 1. The van der Waals surface area contributed by atoms with Crippen LogP contribution < -0.4 is 10.6 Å². The smallest absolute Gasteiger partial charge is 0.0459 e. The van der Waals surface area contributed by atoms with E-state index in [0.29, 0.717) is 12.6 Å². The zero-order valence-corrected chi connectivity index (χ0v) is 12.4. The number of para-hydroxylation sites is 1. The van der Waals surface area contributed by atoms with E-state index in [4.69, 9.17) is 17.3 Å². The van der Waals surface area contributed by atoms with E-state index in [1.165, 1.54) is 11.3 Å². The first-order valence-electron chi connectivity index (χ1n) is 7.01. The SMILES string of the molecule is CC1Cc2ccccc2N1Cc1ccc(CN)cc1Cl. The molecule has 0 radical (unpaired) electrons. The van der Waals surface area contributed by atoms with Gasteiger partial charge in [-0.1, -0.05) is 41.9 Å². The quantitative estimate of drug-likeness (QED) is 0.931. The fraction of sp³-hybridized carbons (Fsp3) is 0.294. The van der Waals surface area contributed by atoms with Crippen molar-refractivity contribution >= 4 is 17.3 Å². The summed E-state index contributed by atoms with van der Waals surface area (Å²) in [5, 5.41) is 0.810. The largest absolute Gasteiger partial charge is 0.364 e. The average Bonchev–Trinajstić information content (AvgIpc) is 2.77. The van der Waals surface area contributed by atoms with Crippen LogP contribution in [-0.2, 0) is 19.5 Å². The number of benzene rings is 2. The van der Waals surface area contributed by atoms with Gasteiger partial charge in [0.05, 0.1) is 0 Å². The molecule has 20 heavy (non-hydrogen) atoms. The first kappa shape index (κ1) is 13.5. The van der Waals surface area contributed by atoms with Gasteiger partial charge in [0.15, 0.2) is 0 Å². The van der Waals surface area contributed by atoms with Crippen molar-refractivity contribution < 1.29 is 0 Å². The lowest BCUT2D eigenvalue weighted by molar-refractivity contribution is 0.672. The molecule has 0 spiro atoms. The van der Waals surface area contributed by atoms with Crippen LogP contribution >= 0.6 is 11.6 Å². The maximum Gasteiger partial charge on any atom is 0.0459 e. The Balaban J connectivity index is 1.88. The van der Waals surface area contributed by atoms with E-state index in [1.807, 2.05) is 6.07 Å². The maximum atomic E-state index is 6.38. The third kappa shape index (κ3) is 2.41. The van der Waals surface area contributed by atoms with Crippen molar-refractivity contribution in [2.75, 3.05) is 4.90 Å². The van der Waals surface area contributed by atoms with Crippen molar-refractivity contribution in [3.05, 3.63) is 64.2 Å². The number of hydrogen-bond donors (Lipinski definition) is 1. The standard InChI is InChI=1S/C17H19ClN2/c1-12-8-14-4-2-3-5-17(14)20(12)11-15-7-6-13(10-19)9-16(15)18/h2-7,9,12H,8,10-11,19H2,1H3. The summed E-state index contributed by atoms with van der Waals surface area (Å²) in [4.78, 5) is 2.43. The lowest BCUT2D eigenvalue weighted by Gasteiger charge is -2.25. The fourth-order valence-corrected chi connectivity index (χ4v) is 3.16. The first-order chi connectivity index (χ1) is 9.69. The van der Waals surface area contributed by atoms with Gasteiger partial charge in [0, 0.05) is 29.8 Å². The third-order valence-electron chi connectivity index (χ3n) is 4.04. The molecular formula is C17H19ClN2. The molecule has 0 saturated heterocycles. The van der Waals surface area contributed by atoms with Crippen molar-refractivity contribution in [3.8, 4) is 0 Å². The lowest BCUT2D eigenvalue weighted by atomic mass is 10.1. The van der Waals surface area contributed by atoms with E-state index in [0.717, 1.165) is 29.1 Å². The summed E-state index contributed by atoms with van der Waals surface area (Å²) >= 11 is 6.38. The van der Waals surface area contributed by atoms with Gasteiger partial charge in [-0.2, -0.15) is 0 Å². The van der Waals surface area contributed by atoms with Gasteiger partial charge in [-0.3, -0.25) is 0 Å². The topological polar surface area (TPSA) is 29.3 Å². The zero-order chi connectivity index (χ0) is 14.1. The second-order valence-corrected chi connectivity index (χ2v) is 5.85. The Morgan fingerprint density at radius 3 is 2.80 bits per heavy atom. The monoisotopic (exact) mass is 286 g/mol. The van der Waals surface area contributed by atoms with Crippen molar-refractivity contribution in [2.24, 2.45) is 5.73 Å². The Hall–Kier alpha value is -1.51. The van der Waals surface area contributed by atoms with Gasteiger partial charge >= 0.3 is 0 Å². The zero-order valence-electron chi connectivity index (χ0n) is 11.6. The molecule has 1 heterocycles. The van der Waals surface area contributed by atoms with Gasteiger partial charge < -0.3 is 10.6 Å². The lowest BCUT2D eigenvalue weighted by Crippen LogP contribution is -2.28. The van der Waals surface area contributed by atoms with Gasteiger partial charge in [0.25, 0.3) is 0 Å². The highest BCUT2D eigenvalue weighted by Crippen LogP contribution is 2.34. The molecule has 0 bridgehead atoms. The molecule has 2 N–H and O–H groups in total. The summed E-state index contributed by atoms with van der Waals surface area (Å²) in [5.74, 6) is 0. The molecule has 0 fully saturated rings. The first-order valence-corrected chi connectivity index (χ1v) is 7.38. The van der Waals surface area contributed by atoms with E-state index < -0.39 is 0 Å². The molecule has 0 aliphatic carbocycles. The van der Waals surface area contributed by atoms with Gasteiger partial charge in [0.2, 0.25) is 0 Å². The van der Waals surface area contributed by atoms with Crippen LogP contribution in [0.25, 0.3) is 0 Å². The number of fused-ring (bicyclic) bond motifs is 1. The second kappa shape index (κ2) is 5.47. The average molecular weight is 287 g/mol. The minimum Gasteiger partial charge on any atom is -0.364 e. The molecular weight excluding hydrogens is 268 g/mol. The summed E-state index contributed by atoms with van der Waals surface area (Å²) < 4.78 is 0. The normalized spacial score (nSPS) is 17.4. The molecule has 2 aromatic carbocycles. The Morgan fingerprint density at radius 1 is 1.25 bits per heavy atom. The molecule has 2 nitrogen and oxygen atoms in total.